The topological polar surface area (TPSA) is 49.0 Å². The number of aromatic nitrogens is 2. The Morgan fingerprint density at radius 2 is 1.89 bits per heavy atom. The number of rotatable bonds is 9. The highest BCUT2D eigenvalue weighted by molar-refractivity contribution is 5.97. The third kappa shape index (κ3) is 4.91. The predicted octanol–water partition coefficient (Wildman–Crippen LogP) is 7.14. The van der Waals surface area contributed by atoms with Crippen LogP contribution in [0.4, 0.5) is 0 Å². The molecular formula is C33H37N3O. The Morgan fingerprint density at radius 1 is 1.11 bits per heavy atom. The molecule has 4 heteroatoms. The van der Waals surface area contributed by atoms with Crippen LogP contribution in [0.5, 0.6) is 0 Å². The maximum Gasteiger partial charge on any atom is 0.146 e. The van der Waals surface area contributed by atoms with Gasteiger partial charge in [0.1, 0.15) is 5.78 Å². The molecule has 0 radical (unpaired) electrons. The van der Waals surface area contributed by atoms with E-state index >= 15 is 0 Å². The minimum absolute atomic E-state index is 0.0510. The molecule has 1 aliphatic carbocycles. The Morgan fingerprint density at radius 3 is 2.59 bits per heavy atom. The number of H-pyrrole nitrogens is 1. The van der Waals surface area contributed by atoms with Gasteiger partial charge in [0.15, 0.2) is 0 Å². The quantitative estimate of drug-likeness (QED) is 0.271. The fourth-order valence-corrected chi connectivity index (χ4v) is 5.62. The lowest BCUT2D eigenvalue weighted by Crippen LogP contribution is -2.28. The maximum absolute atomic E-state index is 13.7. The van der Waals surface area contributed by atoms with Crippen molar-refractivity contribution in [3.05, 3.63) is 100 Å². The number of carbonyl (C=O) groups excluding carboxylic acids is 1. The van der Waals surface area contributed by atoms with E-state index in [1.807, 2.05) is 0 Å². The standard InChI is InChI=1S/C33H37N3O/c1-6-23(3)32(37)33(27-9-7-8-22(2)18-27)20-29(33)26-15-16-28-30(34-35-31(28)19-26)17-14-24-10-12-25(13-11-24)21-36(4)5/h7-19,23,29H,6,20-21H2,1-5H3,(H,34,35)/b17-14+. The fourth-order valence-electron chi connectivity index (χ4n) is 5.62. The van der Waals surface area contributed by atoms with E-state index < -0.39 is 5.41 Å². The Bertz CT molecular complexity index is 1450. The molecule has 190 valence electrons. The highest BCUT2D eigenvalue weighted by atomic mass is 16.1. The molecule has 1 saturated carbocycles. The number of carbonyl (C=O) groups is 1. The summed E-state index contributed by atoms with van der Waals surface area (Å²) >= 11 is 0. The van der Waals surface area contributed by atoms with E-state index in [0.29, 0.717) is 5.78 Å². The molecule has 3 atom stereocenters. The first kappa shape index (κ1) is 25.2. The lowest BCUT2D eigenvalue weighted by atomic mass is 9.80. The van der Waals surface area contributed by atoms with Crippen LogP contribution in [0.2, 0.25) is 0 Å². The molecule has 0 spiro atoms. The lowest BCUT2D eigenvalue weighted by Gasteiger charge is -2.21. The second-order valence-electron chi connectivity index (χ2n) is 11.0. The van der Waals surface area contributed by atoms with Crippen molar-refractivity contribution in [2.24, 2.45) is 5.92 Å². The third-order valence-corrected chi connectivity index (χ3v) is 7.92. The van der Waals surface area contributed by atoms with Crippen LogP contribution in [-0.4, -0.2) is 35.0 Å². The monoisotopic (exact) mass is 491 g/mol. The van der Waals surface area contributed by atoms with Gasteiger partial charge in [-0.3, -0.25) is 9.89 Å². The van der Waals surface area contributed by atoms with Crippen LogP contribution in [0.25, 0.3) is 23.1 Å². The van der Waals surface area contributed by atoms with E-state index in [1.54, 1.807) is 0 Å². The van der Waals surface area contributed by atoms with Gasteiger partial charge in [0.05, 0.1) is 16.6 Å². The molecule has 4 aromatic rings. The number of aryl methyl sites for hydroxylation is 1. The van der Waals surface area contributed by atoms with Crippen molar-refractivity contribution < 1.29 is 4.79 Å². The minimum atomic E-state index is -0.420. The molecule has 1 N–H and O–H groups in total. The van der Waals surface area contributed by atoms with Crippen LogP contribution in [-0.2, 0) is 16.8 Å². The zero-order valence-electron chi connectivity index (χ0n) is 22.6. The first-order chi connectivity index (χ1) is 17.8. The van der Waals surface area contributed by atoms with Crippen LogP contribution < -0.4 is 0 Å². The Kier molecular flexibility index (Phi) is 6.87. The van der Waals surface area contributed by atoms with E-state index in [-0.39, 0.29) is 11.8 Å². The molecule has 4 nitrogen and oxygen atoms in total. The van der Waals surface area contributed by atoms with Crippen LogP contribution in [0.15, 0.2) is 66.7 Å². The molecule has 0 saturated heterocycles. The highest BCUT2D eigenvalue weighted by Gasteiger charge is 2.61. The molecular weight excluding hydrogens is 454 g/mol. The van der Waals surface area contributed by atoms with Crippen LogP contribution >= 0.6 is 0 Å². The van der Waals surface area contributed by atoms with Gasteiger partial charge in [-0.2, -0.15) is 5.10 Å². The van der Waals surface area contributed by atoms with Gasteiger partial charge in [-0.1, -0.05) is 86.2 Å². The summed E-state index contributed by atoms with van der Waals surface area (Å²) in [4.78, 5) is 15.9. The van der Waals surface area contributed by atoms with E-state index in [4.69, 9.17) is 0 Å². The number of benzene rings is 3. The van der Waals surface area contributed by atoms with Crippen molar-refractivity contribution in [2.75, 3.05) is 14.1 Å². The predicted molar refractivity (Wildman–Crippen MR) is 154 cm³/mol. The Labute approximate surface area is 220 Å². The molecule has 0 bridgehead atoms. The maximum atomic E-state index is 13.7. The molecule has 1 aromatic heterocycles. The summed E-state index contributed by atoms with van der Waals surface area (Å²) in [5.74, 6) is 0.619. The second kappa shape index (κ2) is 10.1. The van der Waals surface area contributed by atoms with Crippen LogP contribution in [0.1, 0.15) is 66.1 Å². The third-order valence-electron chi connectivity index (χ3n) is 7.92. The van der Waals surface area contributed by atoms with Gasteiger partial charge in [-0.15, -0.1) is 0 Å². The minimum Gasteiger partial charge on any atom is -0.305 e. The number of ketones is 1. The molecule has 37 heavy (non-hydrogen) atoms. The van der Waals surface area contributed by atoms with E-state index in [1.165, 1.54) is 16.7 Å². The zero-order chi connectivity index (χ0) is 26.2. The molecule has 5 rings (SSSR count). The van der Waals surface area contributed by atoms with E-state index in [0.717, 1.165) is 47.1 Å². The molecule has 1 heterocycles. The van der Waals surface area contributed by atoms with Crippen molar-refractivity contribution in [3.8, 4) is 0 Å². The van der Waals surface area contributed by atoms with Gasteiger partial charge in [0, 0.05) is 23.8 Å². The number of nitrogens with one attached hydrogen (secondary N) is 1. The molecule has 1 fully saturated rings. The van der Waals surface area contributed by atoms with Gasteiger partial charge in [-0.05, 0) is 68.3 Å². The molecule has 1 aliphatic rings. The summed E-state index contributed by atoms with van der Waals surface area (Å²) in [5.41, 5.74) is 7.54. The number of hydrogen-bond acceptors (Lipinski definition) is 3. The number of Topliss-reactive ketones (excluding diaryl/α,β-unsaturated/α-hetero) is 1. The van der Waals surface area contributed by atoms with E-state index in [9.17, 15) is 4.79 Å². The Hall–Kier alpha value is -3.50. The van der Waals surface area contributed by atoms with Gasteiger partial charge >= 0.3 is 0 Å². The number of fused-ring (bicyclic) bond motifs is 1. The summed E-state index contributed by atoms with van der Waals surface area (Å²) in [6, 6.07) is 23.7. The van der Waals surface area contributed by atoms with E-state index in [2.05, 4.69) is 129 Å². The SMILES string of the molecule is CCC(C)C(=O)C1(c2cccc(C)c2)CC1c1ccc2c(/C=C/c3ccc(CN(C)C)cc3)n[nH]c2c1. The first-order valence-electron chi connectivity index (χ1n) is 13.3. The normalized spacial score (nSPS) is 20.1. The van der Waals surface area contributed by atoms with Gasteiger partial charge in [0.25, 0.3) is 0 Å². The van der Waals surface area contributed by atoms with Crippen molar-refractivity contribution in [1.29, 1.82) is 0 Å². The lowest BCUT2D eigenvalue weighted by molar-refractivity contribution is -0.125. The highest BCUT2D eigenvalue weighted by Crippen LogP contribution is 2.62. The number of hydrogen-bond donors (Lipinski definition) is 1. The summed E-state index contributed by atoms with van der Waals surface area (Å²) in [5, 5.41) is 8.91. The van der Waals surface area contributed by atoms with Crippen molar-refractivity contribution in [1.82, 2.24) is 15.1 Å². The largest absolute Gasteiger partial charge is 0.305 e. The summed E-state index contributed by atoms with van der Waals surface area (Å²) in [7, 11) is 4.16. The van der Waals surface area contributed by atoms with Gasteiger partial charge in [-0.25, -0.2) is 0 Å². The molecule has 3 aromatic carbocycles. The summed E-state index contributed by atoms with van der Waals surface area (Å²) in [6.07, 6.45) is 5.92. The summed E-state index contributed by atoms with van der Waals surface area (Å²) < 4.78 is 0. The first-order valence-corrected chi connectivity index (χ1v) is 13.3. The second-order valence-corrected chi connectivity index (χ2v) is 11.0. The fraction of sp³-hybridized carbons (Fsp3) is 0.333. The van der Waals surface area contributed by atoms with Crippen LogP contribution in [0.3, 0.4) is 0 Å². The van der Waals surface area contributed by atoms with Crippen molar-refractivity contribution in [3.63, 3.8) is 0 Å². The van der Waals surface area contributed by atoms with Crippen LogP contribution in [0, 0.1) is 12.8 Å². The zero-order valence-corrected chi connectivity index (χ0v) is 22.6. The molecule has 0 aliphatic heterocycles. The van der Waals surface area contributed by atoms with Crippen molar-refractivity contribution in [2.45, 2.75) is 51.5 Å². The van der Waals surface area contributed by atoms with Crippen molar-refractivity contribution >= 4 is 28.8 Å². The average molecular weight is 492 g/mol. The number of nitrogens with zero attached hydrogens (tertiary/aromatic N) is 2. The van der Waals surface area contributed by atoms with Gasteiger partial charge < -0.3 is 4.90 Å². The summed E-state index contributed by atoms with van der Waals surface area (Å²) in [6.45, 7) is 7.22. The Balaban J connectivity index is 1.41. The molecule has 3 unspecified atom stereocenters. The van der Waals surface area contributed by atoms with Gasteiger partial charge in [0.2, 0.25) is 0 Å². The smallest absolute Gasteiger partial charge is 0.146 e. The molecule has 0 amide bonds. The average Bonchev–Trinajstić information content (AvgIpc) is 3.53. The number of aromatic amines is 1.